The summed E-state index contributed by atoms with van der Waals surface area (Å²) in [5.41, 5.74) is 2.58. The van der Waals surface area contributed by atoms with E-state index in [1.54, 1.807) is 36.0 Å². The molecule has 0 radical (unpaired) electrons. The van der Waals surface area contributed by atoms with E-state index in [1.807, 2.05) is 12.1 Å². The van der Waals surface area contributed by atoms with E-state index >= 15 is 0 Å². The first-order chi connectivity index (χ1) is 11.7. The van der Waals surface area contributed by atoms with Gasteiger partial charge in [0, 0.05) is 22.2 Å². The summed E-state index contributed by atoms with van der Waals surface area (Å²) in [6, 6.07) is 15.6. The molecule has 2 N–H and O–H groups in total. The first-order valence-corrected chi connectivity index (χ1v) is 9.03. The fourth-order valence-corrected chi connectivity index (χ4v) is 3.95. The molecule has 2 aromatic carbocycles. The molecule has 4 nitrogen and oxygen atoms in total. The van der Waals surface area contributed by atoms with Crippen LogP contribution in [0.1, 0.15) is 28.8 Å². The van der Waals surface area contributed by atoms with Crippen molar-refractivity contribution in [3.63, 3.8) is 0 Å². The maximum atomic E-state index is 12.4. The van der Waals surface area contributed by atoms with Gasteiger partial charge in [-0.25, -0.2) is 0 Å². The Morgan fingerprint density at radius 2 is 1.75 bits per heavy atom. The van der Waals surface area contributed by atoms with Gasteiger partial charge in [-0.1, -0.05) is 18.2 Å². The van der Waals surface area contributed by atoms with Gasteiger partial charge in [0.1, 0.15) is 0 Å². The fraction of sp³-hybridized carbons (Fsp3) is 0.263. The van der Waals surface area contributed by atoms with Crippen LogP contribution in [-0.2, 0) is 11.2 Å². The van der Waals surface area contributed by atoms with Gasteiger partial charge in [-0.15, -0.1) is 11.8 Å². The molecule has 1 heterocycles. The van der Waals surface area contributed by atoms with E-state index in [-0.39, 0.29) is 17.1 Å². The zero-order valence-electron chi connectivity index (χ0n) is 13.1. The molecule has 1 saturated carbocycles. The maximum absolute atomic E-state index is 12.4. The second-order valence-electron chi connectivity index (χ2n) is 6.23. The number of amides is 2. The average Bonchev–Trinajstić information content (AvgIpc) is 3.29. The first kappa shape index (κ1) is 15.3. The summed E-state index contributed by atoms with van der Waals surface area (Å²) in [6.07, 6.45) is 2.90. The van der Waals surface area contributed by atoms with Gasteiger partial charge in [0.15, 0.2) is 0 Å². The number of carbonyl (C=O) groups excluding carboxylic acids is 2. The van der Waals surface area contributed by atoms with Crippen LogP contribution in [-0.4, -0.2) is 23.1 Å². The molecule has 1 atom stereocenters. The van der Waals surface area contributed by atoms with Crippen molar-refractivity contribution in [3.8, 4) is 0 Å². The van der Waals surface area contributed by atoms with E-state index in [0.29, 0.717) is 11.6 Å². The lowest BCUT2D eigenvalue weighted by Crippen LogP contribution is -2.26. The third kappa shape index (κ3) is 3.31. The summed E-state index contributed by atoms with van der Waals surface area (Å²) in [6.45, 7) is 0. The summed E-state index contributed by atoms with van der Waals surface area (Å²) in [5.74, 6) is -0.0384. The standard InChI is InChI=1S/C19H18N2O2S/c22-18(20-15-9-10-15)12-5-7-14(8-6-12)21-19(23)17-11-13-3-1-2-4-16(13)24-17/h1-8,15,17H,9-11H2,(H,20,22)(H,21,23). The molecule has 2 aliphatic rings. The molecule has 0 aromatic heterocycles. The molecule has 24 heavy (non-hydrogen) atoms. The topological polar surface area (TPSA) is 58.2 Å². The van der Waals surface area contributed by atoms with Gasteiger partial charge in [-0.3, -0.25) is 9.59 Å². The van der Waals surface area contributed by atoms with Gasteiger partial charge in [0.25, 0.3) is 5.91 Å². The van der Waals surface area contributed by atoms with Crippen molar-refractivity contribution in [3.05, 3.63) is 59.7 Å². The molecular weight excluding hydrogens is 320 g/mol. The molecule has 2 aromatic rings. The van der Waals surface area contributed by atoms with E-state index in [9.17, 15) is 9.59 Å². The van der Waals surface area contributed by atoms with Crippen LogP contribution >= 0.6 is 11.8 Å². The Bertz CT molecular complexity index is 759. The smallest absolute Gasteiger partial charge is 0.251 e. The molecule has 1 aliphatic heterocycles. The van der Waals surface area contributed by atoms with Crippen LogP contribution in [0.4, 0.5) is 5.69 Å². The number of hydrogen-bond acceptors (Lipinski definition) is 3. The number of nitrogens with one attached hydrogen (secondary N) is 2. The minimum Gasteiger partial charge on any atom is -0.349 e. The van der Waals surface area contributed by atoms with Gasteiger partial charge in [0.2, 0.25) is 5.91 Å². The largest absolute Gasteiger partial charge is 0.349 e. The molecule has 4 rings (SSSR count). The quantitative estimate of drug-likeness (QED) is 0.900. The summed E-state index contributed by atoms with van der Waals surface area (Å²) in [7, 11) is 0. The van der Waals surface area contributed by atoms with E-state index in [4.69, 9.17) is 0 Å². The Hall–Kier alpha value is -2.27. The highest BCUT2D eigenvalue weighted by Crippen LogP contribution is 2.37. The number of rotatable bonds is 4. The number of hydrogen-bond donors (Lipinski definition) is 2. The number of fused-ring (bicyclic) bond motifs is 1. The second-order valence-corrected chi connectivity index (χ2v) is 7.48. The minimum absolute atomic E-state index is 0.00591. The van der Waals surface area contributed by atoms with Crippen LogP contribution in [0.3, 0.4) is 0 Å². The lowest BCUT2D eigenvalue weighted by molar-refractivity contribution is -0.115. The number of anilines is 1. The zero-order valence-corrected chi connectivity index (χ0v) is 13.9. The number of carbonyl (C=O) groups is 2. The third-order valence-corrected chi connectivity index (χ3v) is 5.58. The molecule has 0 spiro atoms. The van der Waals surface area contributed by atoms with E-state index in [0.717, 1.165) is 24.9 Å². The lowest BCUT2D eigenvalue weighted by atomic mass is 10.1. The molecule has 0 bridgehead atoms. The van der Waals surface area contributed by atoms with Crippen LogP contribution in [0.5, 0.6) is 0 Å². The number of benzene rings is 2. The first-order valence-electron chi connectivity index (χ1n) is 8.15. The van der Waals surface area contributed by atoms with Crippen LogP contribution in [0.25, 0.3) is 0 Å². The molecule has 1 aliphatic carbocycles. The Labute approximate surface area is 145 Å². The van der Waals surface area contributed by atoms with Gasteiger partial charge in [-0.2, -0.15) is 0 Å². The summed E-state index contributed by atoms with van der Waals surface area (Å²) in [4.78, 5) is 25.6. The molecule has 0 saturated heterocycles. The van der Waals surface area contributed by atoms with Crippen molar-refractivity contribution in [2.45, 2.75) is 35.4 Å². The number of thioether (sulfide) groups is 1. The van der Waals surface area contributed by atoms with Crippen LogP contribution in [0.15, 0.2) is 53.4 Å². The van der Waals surface area contributed by atoms with Crippen molar-refractivity contribution in [2.75, 3.05) is 5.32 Å². The van der Waals surface area contributed by atoms with Crippen molar-refractivity contribution in [2.24, 2.45) is 0 Å². The van der Waals surface area contributed by atoms with E-state index < -0.39 is 0 Å². The van der Waals surface area contributed by atoms with Crippen molar-refractivity contribution in [1.82, 2.24) is 5.32 Å². The van der Waals surface area contributed by atoms with Gasteiger partial charge < -0.3 is 10.6 Å². The van der Waals surface area contributed by atoms with E-state index in [2.05, 4.69) is 22.8 Å². The summed E-state index contributed by atoms with van der Waals surface area (Å²) in [5, 5.41) is 5.81. The fourth-order valence-electron chi connectivity index (χ4n) is 2.75. The van der Waals surface area contributed by atoms with E-state index in [1.165, 1.54) is 10.5 Å². The molecule has 122 valence electrons. The molecule has 1 unspecified atom stereocenters. The van der Waals surface area contributed by atoms with Crippen molar-refractivity contribution in [1.29, 1.82) is 0 Å². The SMILES string of the molecule is O=C(NC1CC1)c1ccc(NC(=O)C2Cc3ccccc3S2)cc1. The predicted octanol–water partition coefficient (Wildman–Crippen LogP) is 3.23. The highest BCUT2D eigenvalue weighted by atomic mass is 32.2. The maximum Gasteiger partial charge on any atom is 0.251 e. The van der Waals surface area contributed by atoms with Gasteiger partial charge in [-0.05, 0) is 55.2 Å². The minimum atomic E-state index is -0.0970. The van der Waals surface area contributed by atoms with Gasteiger partial charge >= 0.3 is 0 Å². The van der Waals surface area contributed by atoms with Crippen LogP contribution in [0.2, 0.25) is 0 Å². The second kappa shape index (κ2) is 6.32. The summed E-state index contributed by atoms with van der Waals surface area (Å²) < 4.78 is 0. The molecular formula is C19H18N2O2S. The Morgan fingerprint density at radius 1 is 1.00 bits per heavy atom. The van der Waals surface area contributed by atoms with Crippen molar-refractivity contribution >= 4 is 29.3 Å². The molecule has 2 amide bonds. The molecule has 5 heteroatoms. The highest BCUT2D eigenvalue weighted by Gasteiger charge is 2.28. The Balaban J connectivity index is 1.37. The normalized spacial score (nSPS) is 18.8. The lowest BCUT2D eigenvalue weighted by Gasteiger charge is -2.10. The van der Waals surface area contributed by atoms with Crippen LogP contribution < -0.4 is 10.6 Å². The monoisotopic (exact) mass is 338 g/mol. The van der Waals surface area contributed by atoms with Gasteiger partial charge in [0.05, 0.1) is 5.25 Å². The summed E-state index contributed by atoms with van der Waals surface area (Å²) >= 11 is 1.61. The molecule has 1 fully saturated rings. The Kier molecular flexibility index (Phi) is 4.02. The predicted molar refractivity (Wildman–Crippen MR) is 95.4 cm³/mol. The Morgan fingerprint density at radius 3 is 2.46 bits per heavy atom. The highest BCUT2D eigenvalue weighted by molar-refractivity contribution is 8.01. The zero-order chi connectivity index (χ0) is 16.5. The average molecular weight is 338 g/mol. The third-order valence-electron chi connectivity index (χ3n) is 4.27. The van der Waals surface area contributed by atoms with Crippen molar-refractivity contribution < 1.29 is 9.59 Å². The van der Waals surface area contributed by atoms with Crippen LogP contribution in [0, 0.1) is 0 Å².